The topological polar surface area (TPSA) is 47.1 Å². The smallest absolute Gasteiger partial charge is 0.0955 e. The van der Waals surface area contributed by atoms with Gasteiger partial charge in [-0.25, -0.2) is 4.98 Å². The van der Waals surface area contributed by atoms with Crippen molar-refractivity contribution in [2.75, 3.05) is 20.1 Å². The lowest BCUT2D eigenvalue weighted by Crippen LogP contribution is -2.27. The fourth-order valence-electron chi connectivity index (χ4n) is 2.19. The van der Waals surface area contributed by atoms with Gasteiger partial charge >= 0.3 is 0 Å². The van der Waals surface area contributed by atoms with E-state index in [1.54, 1.807) is 0 Å². The molecule has 0 fully saturated rings. The summed E-state index contributed by atoms with van der Waals surface area (Å²) in [5.74, 6) is 0. The zero-order chi connectivity index (χ0) is 13.8. The van der Waals surface area contributed by atoms with Crippen LogP contribution in [0.4, 0.5) is 0 Å². The first-order chi connectivity index (χ1) is 9.06. The first-order valence-corrected chi connectivity index (χ1v) is 6.90. The number of aryl methyl sites for hydroxylation is 1. The van der Waals surface area contributed by atoms with Gasteiger partial charge in [0.25, 0.3) is 0 Å². The number of nitrogens with zero attached hydrogens (tertiary/aromatic N) is 3. The quantitative estimate of drug-likeness (QED) is 0.861. The Morgan fingerprint density at radius 1 is 1.37 bits per heavy atom. The van der Waals surface area contributed by atoms with Gasteiger partial charge in [0.1, 0.15) is 0 Å². The lowest BCUT2D eigenvalue weighted by Gasteiger charge is -2.17. The SMILES string of the molecule is CC(N)CCN(C)CCc1ccc2c(c1)ncn2C. The van der Waals surface area contributed by atoms with Gasteiger partial charge in [-0.05, 0) is 51.1 Å². The number of fused-ring (bicyclic) bond motifs is 1. The highest BCUT2D eigenvalue weighted by Gasteiger charge is 2.04. The third-order valence-corrected chi connectivity index (χ3v) is 3.54. The third kappa shape index (κ3) is 3.78. The summed E-state index contributed by atoms with van der Waals surface area (Å²) in [4.78, 5) is 6.74. The second-order valence-electron chi connectivity index (χ2n) is 5.50. The maximum absolute atomic E-state index is 5.78. The fraction of sp³-hybridized carbons (Fsp3) is 0.533. The van der Waals surface area contributed by atoms with Crippen LogP contribution in [0.2, 0.25) is 0 Å². The molecule has 0 saturated carbocycles. The Morgan fingerprint density at radius 2 is 2.16 bits per heavy atom. The second-order valence-corrected chi connectivity index (χ2v) is 5.50. The summed E-state index contributed by atoms with van der Waals surface area (Å²) in [7, 11) is 4.18. The molecule has 4 nitrogen and oxygen atoms in total. The molecule has 2 N–H and O–H groups in total. The summed E-state index contributed by atoms with van der Waals surface area (Å²) in [5.41, 5.74) is 9.39. The molecule has 0 bridgehead atoms. The highest BCUT2D eigenvalue weighted by atomic mass is 15.1. The molecule has 1 unspecified atom stereocenters. The summed E-state index contributed by atoms with van der Waals surface area (Å²) >= 11 is 0. The monoisotopic (exact) mass is 260 g/mol. The summed E-state index contributed by atoms with van der Waals surface area (Å²) in [5, 5.41) is 0. The molecule has 0 saturated heterocycles. The van der Waals surface area contributed by atoms with E-state index < -0.39 is 0 Å². The van der Waals surface area contributed by atoms with E-state index in [1.165, 1.54) is 11.1 Å². The van der Waals surface area contributed by atoms with E-state index in [9.17, 15) is 0 Å². The van der Waals surface area contributed by atoms with Gasteiger partial charge in [0.2, 0.25) is 0 Å². The van der Waals surface area contributed by atoms with Crippen LogP contribution >= 0.6 is 0 Å². The van der Waals surface area contributed by atoms with Gasteiger partial charge in [0, 0.05) is 19.6 Å². The van der Waals surface area contributed by atoms with Crippen LogP contribution in [0.5, 0.6) is 0 Å². The first-order valence-electron chi connectivity index (χ1n) is 6.90. The van der Waals surface area contributed by atoms with Crippen LogP contribution in [0.1, 0.15) is 18.9 Å². The van der Waals surface area contributed by atoms with E-state index in [4.69, 9.17) is 5.73 Å². The van der Waals surface area contributed by atoms with Crippen LogP contribution < -0.4 is 5.73 Å². The average Bonchev–Trinajstić information content (AvgIpc) is 2.75. The van der Waals surface area contributed by atoms with Crippen molar-refractivity contribution in [2.24, 2.45) is 12.8 Å². The second kappa shape index (κ2) is 6.17. The summed E-state index contributed by atoms with van der Waals surface area (Å²) < 4.78 is 2.05. The molecule has 0 aliphatic carbocycles. The van der Waals surface area contributed by atoms with Crippen molar-refractivity contribution in [1.82, 2.24) is 14.5 Å². The lowest BCUT2D eigenvalue weighted by atomic mass is 10.1. The van der Waals surface area contributed by atoms with E-state index in [0.717, 1.165) is 31.4 Å². The Bertz CT molecular complexity index is 530. The molecule has 0 amide bonds. The van der Waals surface area contributed by atoms with Crippen molar-refractivity contribution in [3.63, 3.8) is 0 Å². The molecule has 1 aromatic heterocycles. The number of nitrogens with two attached hydrogens (primary N) is 1. The van der Waals surface area contributed by atoms with E-state index >= 15 is 0 Å². The number of benzene rings is 1. The highest BCUT2D eigenvalue weighted by Crippen LogP contribution is 2.14. The molecule has 1 heterocycles. The van der Waals surface area contributed by atoms with E-state index in [0.29, 0.717) is 0 Å². The maximum atomic E-state index is 5.78. The number of hydrogen-bond acceptors (Lipinski definition) is 3. The van der Waals surface area contributed by atoms with Gasteiger partial charge in [-0.1, -0.05) is 6.07 Å². The van der Waals surface area contributed by atoms with E-state index in [-0.39, 0.29) is 6.04 Å². The largest absolute Gasteiger partial charge is 0.334 e. The fourth-order valence-corrected chi connectivity index (χ4v) is 2.19. The third-order valence-electron chi connectivity index (χ3n) is 3.54. The molecule has 2 rings (SSSR count). The van der Waals surface area contributed by atoms with Gasteiger partial charge in [0.15, 0.2) is 0 Å². The van der Waals surface area contributed by atoms with Gasteiger partial charge in [-0.15, -0.1) is 0 Å². The zero-order valence-electron chi connectivity index (χ0n) is 12.1. The molecule has 0 aliphatic heterocycles. The number of likely N-dealkylation sites (N-methyl/N-ethyl adjacent to an activating group) is 1. The van der Waals surface area contributed by atoms with Gasteiger partial charge in [0.05, 0.1) is 17.4 Å². The molecule has 104 valence electrons. The Kier molecular flexibility index (Phi) is 4.56. The van der Waals surface area contributed by atoms with Crippen LogP contribution in [-0.4, -0.2) is 40.6 Å². The molecule has 0 aliphatic rings. The molecule has 4 heteroatoms. The molecular formula is C15H24N4. The van der Waals surface area contributed by atoms with Crippen LogP contribution in [0.3, 0.4) is 0 Å². The summed E-state index contributed by atoms with van der Waals surface area (Å²) in [6.45, 7) is 4.18. The van der Waals surface area contributed by atoms with Crippen molar-refractivity contribution in [2.45, 2.75) is 25.8 Å². The number of hydrogen-bond donors (Lipinski definition) is 1. The number of rotatable bonds is 6. The number of imidazole rings is 1. The zero-order valence-corrected chi connectivity index (χ0v) is 12.1. The summed E-state index contributed by atoms with van der Waals surface area (Å²) in [6.07, 6.45) is 3.97. The molecular weight excluding hydrogens is 236 g/mol. The minimum absolute atomic E-state index is 0.285. The Balaban J connectivity index is 1.90. The minimum Gasteiger partial charge on any atom is -0.334 e. The van der Waals surface area contributed by atoms with Crippen molar-refractivity contribution >= 4 is 11.0 Å². The van der Waals surface area contributed by atoms with Crippen molar-refractivity contribution in [3.05, 3.63) is 30.1 Å². The number of aromatic nitrogens is 2. The summed E-state index contributed by atoms with van der Waals surface area (Å²) in [6, 6.07) is 6.82. The van der Waals surface area contributed by atoms with E-state index in [1.807, 2.05) is 17.9 Å². The van der Waals surface area contributed by atoms with Gasteiger partial charge in [-0.2, -0.15) is 0 Å². The molecule has 2 aromatic rings. The Hall–Kier alpha value is -1.39. The Labute approximate surface area is 115 Å². The van der Waals surface area contributed by atoms with Crippen molar-refractivity contribution < 1.29 is 0 Å². The van der Waals surface area contributed by atoms with Crippen molar-refractivity contribution in [1.29, 1.82) is 0 Å². The molecule has 19 heavy (non-hydrogen) atoms. The molecule has 1 aromatic carbocycles. The highest BCUT2D eigenvalue weighted by molar-refractivity contribution is 5.75. The maximum Gasteiger partial charge on any atom is 0.0955 e. The first kappa shape index (κ1) is 14.0. The van der Waals surface area contributed by atoms with Gasteiger partial charge < -0.3 is 15.2 Å². The lowest BCUT2D eigenvalue weighted by molar-refractivity contribution is 0.324. The molecule has 1 atom stereocenters. The Morgan fingerprint density at radius 3 is 2.89 bits per heavy atom. The minimum atomic E-state index is 0.285. The van der Waals surface area contributed by atoms with Crippen LogP contribution in [0.25, 0.3) is 11.0 Å². The van der Waals surface area contributed by atoms with Crippen molar-refractivity contribution in [3.8, 4) is 0 Å². The van der Waals surface area contributed by atoms with Crippen LogP contribution in [0.15, 0.2) is 24.5 Å². The van der Waals surface area contributed by atoms with Crippen LogP contribution in [0, 0.1) is 0 Å². The van der Waals surface area contributed by atoms with Gasteiger partial charge in [-0.3, -0.25) is 0 Å². The van der Waals surface area contributed by atoms with E-state index in [2.05, 4.69) is 42.1 Å². The molecule has 0 spiro atoms. The average molecular weight is 260 g/mol. The predicted octanol–water partition coefficient (Wildman–Crippen LogP) is 1.78. The molecule has 0 radical (unpaired) electrons. The predicted molar refractivity (Wildman–Crippen MR) is 80.2 cm³/mol. The standard InChI is InChI=1S/C15H24N4/c1-12(16)6-8-18(2)9-7-13-4-5-15-14(10-13)17-11-19(15)3/h4-5,10-12H,6-9,16H2,1-3H3. The normalized spacial score (nSPS) is 13.3. The van der Waals surface area contributed by atoms with Crippen LogP contribution in [-0.2, 0) is 13.5 Å².